The molecule has 0 unspecified atom stereocenters. The first kappa shape index (κ1) is 13.0. The zero-order valence-corrected chi connectivity index (χ0v) is 9.87. The van der Waals surface area contributed by atoms with Crippen molar-refractivity contribution in [1.82, 2.24) is 9.97 Å². The predicted octanol–water partition coefficient (Wildman–Crippen LogP) is -0.391. The molecule has 0 saturated carbocycles. The smallest absolute Gasteiger partial charge is 0.375 e. The maximum absolute atomic E-state index is 11.5. The van der Waals surface area contributed by atoms with Crippen molar-refractivity contribution in [3.8, 4) is 0 Å². The number of aliphatic hydroxyl groups is 1. The lowest BCUT2D eigenvalue weighted by Crippen LogP contribution is -2.23. The number of nitrogen functional groups attached to an aromatic ring is 1. The van der Waals surface area contributed by atoms with Crippen LogP contribution < -0.4 is 16.6 Å². The van der Waals surface area contributed by atoms with Crippen LogP contribution in [0.15, 0.2) is 16.9 Å². The fourth-order valence-electron chi connectivity index (χ4n) is 1.95. The molecule has 9 heteroatoms. The summed E-state index contributed by atoms with van der Waals surface area (Å²) in [6, 6.07) is -0.232. The van der Waals surface area contributed by atoms with Gasteiger partial charge in [-0.15, -0.1) is 0 Å². The van der Waals surface area contributed by atoms with Crippen LogP contribution in [-0.2, 0) is 0 Å². The molecule has 0 radical (unpaired) electrons. The maximum Gasteiger partial charge on any atom is 0.375 e. The first-order valence-electron chi connectivity index (χ1n) is 5.61. The second-order valence-corrected chi connectivity index (χ2v) is 4.22. The average molecular weight is 267 g/mol. The normalized spacial score (nSPS) is 21.5. The van der Waals surface area contributed by atoms with E-state index in [1.54, 1.807) is 12.2 Å². The third-order valence-corrected chi connectivity index (χ3v) is 2.82. The fraction of sp³-hybridized carbons (Fsp3) is 0.400. The van der Waals surface area contributed by atoms with Crippen molar-refractivity contribution in [3.63, 3.8) is 0 Å². The SMILES string of the molecule is Nc1nc(N[C@H]2C=C[C@@H](CO)C2)c([N+](=O)[O-])c(=O)[nH]1. The summed E-state index contributed by atoms with van der Waals surface area (Å²) in [5, 5.41) is 22.6. The Balaban J connectivity index is 2.28. The van der Waals surface area contributed by atoms with E-state index in [-0.39, 0.29) is 30.3 Å². The van der Waals surface area contributed by atoms with Crippen molar-refractivity contribution in [2.75, 3.05) is 17.7 Å². The number of anilines is 2. The zero-order chi connectivity index (χ0) is 14.0. The topological polar surface area (TPSA) is 147 Å². The average Bonchev–Trinajstić information content (AvgIpc) is 2.75. The molecule has 0 saturated heterocycles. The van der Waals surface area contributed by atoms with Crippen LogP contribution in [0, 0.1) is 16.0 Å². The number of aromatic amines is 1. The number of nitrogens with zero attached hydrogens (tertiary/aromatic N) is 2. The number of rotatable bonds is 4. The molecule has 19 heavy (non-hydrogen) atoms. The molecular formula is C10H13N5O4. The van der Waals surface area contributed by atoms with Gasteiger partial charge in [-0.05, 0) is 6.42 Å². The summed E-state index contributed by atoms with van der Waals surface area (Å²) < 4.78 is 0. The Bertz CT molecular complexity index is 582. The van der Waals surface area contributed by atoms with Gasteiger partial charge in [0.2, 0.25) is 11.8 Å². The Labute approximate surface area is 107 Å². The van der Waals surface area contributed by atoms with Crippen LogP contribution in [0.3, 0.4) is 0 Å². The minimum Gasteiger partial charge on any atom is -0.396 e. The number of aliphatic hydroxyl groups excluding tert-OH is 1. The van der Waals surface area contributed by atoms with Gasteiger partial charge in [0.1, 0.15) is 0 Å². The van der Waals surface area contributed by atoms with Crippen LogP contribution in [0.2, 0.25) is 0 Å². The highest BCUT2D eigenvalue weighted by molar-refractivity contribution is 5.57. The van der Waals surface area contributed by atoms with Gasteiger partial charge in [0.15, 0.2) is 0 Å². The van der Waals surface area contributed by atoms with Gasteiger partial charge in [0.05, 0.1) is 4.92 Å². The van der Waals surface area contributed by atoms with E-state index in [2.05, 4.69) is 15.3 Å². The summed E-state index contributed by atoms with van der Waals surface area (Å²) in [4.78, 5) is 27.3. The summed E-state index contributed by atoms with van der Waals surface area (Å²) in [6.07, 6.45) is 4.14. The molecular weight excluding hydrogens is 254 g/mol. The summed E-state index contributed by atoms with van der Waals surface area (Å²) >= 11 is 0. The van der Waals surface area contributed by atoms with E-state index >= 15 is 0 Å². The molecule has 9 nitrogen and oxygen atoms in total. The minimum absolute atomic E-state index is 0.00170. The standard InChI is InChI=1S/C10H13N5O4/c11-10-13-8(7(15(18)19)9(17)14-10)12-6-2-1-5(3-6)4-16/h1-2,5-6,16H,3-4H2,(H4,11,12,13,14,17)/t5-,6+/m1/s1. The minimum atomic E-state index is -0.902. The molecule has 0 fully saturated rings. The molecule has 5 N–H and O–H groups in total. The molecule has 2 atom stereocenters. The third-order valence-electron chi connectivity index (χ3n) is 2.82. The van der Waals surface area contributed by atoms with E-state index < -0.39 is 16.2 Å². The van der Waals surface area contributed by atoms with Crippen LogP contribution >= 0.6 is 0 Å². The molecule has 1 aromatic rings. The van der Waals surface area contributed by atoms with Crippen LogP contribution in [0.1, 0.15) is 6.42 Å². The van der Waals surface area contributed by atoms with E-state index in [1.807, 2.05) is 0 Å². The first-order chi connectivity index (χ1) is 9.01. The van der Waals surface area contributed by atoms with E-state index in [9.17, 15) is 14.9 Å². The molecule has 2 rings (SSSR count). The van der Waals surface area contributed by atoms with Crippen molar-refractivity contribution in [1.29, 1.82) is 0 Å². The number of hydrogen-bond acceptors (Lipinski definition) is 7. The quantitative estimate of drug-likeness (QED) is 0.330. The lowest BCUT2D eigenvalue weighted by molar-refractivity contribution is -0.385. The van der Waals surface area contributed by atoms with Gasteiger partial charge >= 0.3 is 11.2 Å². The van der Waals surface area contributed by atoms with Gasteiger partial charge in [-0.25, -0.2) is 0 Å². The monoisotopic (exact) mass is 267 g/mol. The van der Waals surface area contributed by atoms with Crippen LogP contribution in [-0.4, -0.2) is 32.6 Å². The van der Waals surface area contributed by atoms with Gasteiger partial charge < -0.3 is 16.2 Å². The van der Waals surface area contributed by atoms with Crippen molar-refractivity contribution >= 4 is 17.5 Å². The second-order valence-electron chi connectivity index (χ2n) is 4.22. The van der Waals surface area contributed by atoms with Crippen molar-refractivity contribution < 1.29 is 10.0 Å². The fourth-order valence-corrected chi connectivity index (χ4v) is 1.95. The van der Waals surface area contributed by atoms with Gasteiger partial charge in [-0.3, -0.25) is 19.9 Å². The Morgan fingerprint density at radius 1 is 1.63 bits per heavy atom. The predicted molar refractivity (Wildman–Crippen MR) is 67.7 cm³/mol. The van der Waals surface area contributed by atoms with Crippen molar-refractivity contribution in [2.24, 2.45) is 5.92 Å². The number of nitrogens with one attached hydrogen (secondary N) is 2. The lowest BCUT2D eigenvalue weighted by Gasteiger charge is -2.13. The maximum atomic E-state index is 11.5. The highest BCUT2D eigenvalue weighted by Gasteiger charge is 2.26. The van der Waals surface area contributed by atoms with Crippen molar-refractivity contribution in [3.05, 3.63) is 32.6 Å². The van der Waals surface area contributed by atoms with Gasteiger partial charge in [0.25, 0.3) is 0 Å². The molecule has 0 aromatic carbocycles. The Kier molecular flexibility index (Phi) is 3.47. The number of aromatic nitrogens is 2. The Hall–Kier alpha value is -2.42. The zero-order valence-electron chi connectivity index (χ0n) is 9.87. The second kappa shape index (κ2) is 5.06. The van der Waals surface area contributed by atoms with Gasteiger partial charge in [-0.1, -0.05) is 12.2 Å². The van der Waals surface area contributed by atoms with E-state index in [0.717, 1.165) is 0 Å². The molecule has 1 heterocycles. The Morgan fingerprint density at radius 3 is 2.95 bits per heavy atom. The molecule has 0 amide bonds. The highest BCUT2D eigenvalue weighted by atomic mass is 16.6. The van der Waals surface area contributed by atoms with Crippen LogP contribution in [0.25, 0.3) is 0 Å². The molecule has 1 aromatic heterocycles. The molecule has 0 aliphatic heterocycles. The number of nitro groups is 1. The summed E-state index contributed by atoms with van der Waals surface area (Å²) in [5.74, 6) is -0.367. The number of H-pyrrole nitrogens is 1. The van der Waals surface area contributed by atoms with E-state index in [4.69, 9.17) is 10.8 Å². The number of nitrogens with two attached hydrogens (primary N) is 1. The summed E-state index contributed by atoms with van der Waals surface area (Å²) in [6.45, 7) is 0.00170. The highest BCUT2D eigenvalue weighted by Crippen LogP contribution is 2.24. The van der Waals surface area contributed by atoms with E-state index in [1.165, 1.54) is 0 Å². The summed E-state index contributed by atoms with van der Waals surface area (Å²) in [5.41, 5.74) is 3.80. The van der Waals surface area contributed by atoms with Crippen LogP contribution in [0.4, 0.5) is 17.5 Å². The Morgan fingerprint density at radius 2 is 2.37 bits per heavy atom. The molecule has 102 valence electrons. The molecule has 0 bridgehead atoms. The lowest BCUT2D eigenvalue weighted by atomic mass is 10.1. The van der Waals surface area contributed by atoms with Crippen molar-refractivity contribution in [2.45, 2.75) is 12.5 Å². The number of hydrogen-bond donors (Lipinski definition) is 4. The largest absolute Gasteiger partial charge is 0.396 e. The summed E-state index contributed by atoms with van der Waals surface area (Å²) in [7, 11) is 0. The molecule has 1 aliphatic rings. The van der Waals surface area contributed by atoms with E-state index in [0.29, 0.717) is 6.42 Å². The van der Waals surface area contributed by atoms with Gasteiger partial charge in [0, 0.05) is 18.6 Å². The van der Waals surface area contributed by atoms with Gasteiger partial charge in [-0.2, -0.15) is 4.98 Å². The van der Waals surface area contributed by atoms with Crippen LogP contribution in [0.5, 0.6) is 0 Å². The molecule has 1 aliphatic carbocycles. The first-order valence-corrected chi connectivity index (χ1v) is 5.61. The third kappa shape index (κ3) is 2.71. The molecule has 0 spiro atoms.